The average Bonchev–Trinajstić information content (AvgIpc) is 2.25. The molecule has 0 saturated carbocycles. The van der Waals surface area contributed by atoms with Crippen LogP contribution in [0.3, 0.4) is 0 Å². The van der Waals surface area contributed by atoms with Gasteiger partial charge in [-0.05, 0) is 12.5 Å². The predicted octanol–water partition coefficient (Wildman–Crippen LogP) is -1.18. The second-order valence-corrected chi connectivity index (χ2v) is 5.71. The van der Waals surface area contributed by atoms with Crippen LogP contribution in [0.15, 0.2) is 0 Å². The summed E-state index contributed by atoms with van der Waals surface area (Å²) in [6, 6.07) is 0. The Kier molecular flexibility index (Phi) is 4.31. The number of nitrogens with one attached hydrogen (secondary N) is 1. The molecule has 0 aromatic heterocycles. The topological polar surface area (TPSA) is 75.4 Å². The van der Waals surface area contributed by atoms with Gasteiger partial charge in [0, 0.05) is 26.2 Å². The van der Waals surface area contributed by atoms with Gasteiger partial charge in [0.2, 0.25) is 10.0 Å². The number of hydrogen-bond acceptors (Lipinski definition) is 4. The summed E-state index contributed by atoms with van der Waals surface area (Å²) < 4.78 is 21.6. The third-order valence-electron chi connectivity index (χ3n) is 2.36. The van der Waals surface area contributed by atoms with Gasteiger partial charge in [0.1, 0.15) is 0 Å². The zero-order valence-corrected chi connectivity index (χ0v) is 9.39. The Labute approximate surface area is 85.7 Å². The number of sulfonamides is 1. The first kappa shape index (κ1) is 11.9. The van der Waals surface area contributed by atoms with Crippen molar-refractivity contribution < 1.29 is 8.42 Å². The molecule has 14 heavy (non-hydrogen) atoms. The van der Waals surface area contributed by atoms with Gasteiger partial charge in [-0.2, -0.15) is 0 Å². The zero-order valence-electron chi connectivity index (χ0n) is 8.57. The van der Waals surface area contributed by atoms with Crippen LogP contribution in [-0.2, 0) is 10.0 Å². The molecule has 0 spiro atoms. The van der Waals surface area contributed by atoms with E-state index in [1.807, 2.05) is 0 Å². The van der Waals surface area contributed by atoms with Crippen molar-refractivity contribution in [3.8, 4) is 0 Å². The Bertz CT molecular complexity index is 266. The third-order valence-corrected chi connectivity index (χ3v) is 3.11. The summed E-state index contributed by atoms with van der Waals surface area (Å²) in [6.45, 7) is 6.48. The lowest BCUT2D eigenvalue weighted by atomic mass is 10.2. The fourth-order valence-electron chi connectivity index (χ4n) is 1.64. The first-order valence-electron chi connectivity index (χ1n) is 4.91. The van der Waals surface area contributed by atoms with Crippen molar-refractivity contribution in [3.05, 3.63) is 0 Å². The SMILES string of the molecule is CC1CNCCN(CCS(N)(=O)=O)C1. The summed E-state index contributed by atoms with van der Waals surface area (Å²) in [5, 5.41) is 8.26. The fourth-order valence-corrected chi connectivity index (χ4v) is 2.15. The van der Waals surface area contributed by atoms with Crippen LogP contribution in [0.25, 0.3) is 0 Å². The van der Waals surface area contributed by atoms with Crippen LogP contribution >= 0.6 is 0 Å². The normalized spacial score (nSPS) is 26.0. The van der Waals surface area contributed by atoms with Crippen molar-refractivity contribution in [1.82, 2.24) is 10.2 Å². The maximum absolute atomic E-state index is 10.8. The molecule has 1 rings (SSSR count). The average molecular weight is 221 g/mol. The van der Waals surface area contributed by atoms with Gasteiger partial charge in [-0.25, -0.2) is 13.6 Å². The van der Waals surface area contributed by atoms with E-state index in [-0.39, 0.29) is 5.75 Å². The summed E-state index contributed by atoms with van der Waals surface area (Å²) in [5.74, 6) is 0.623. The minimum atomic E-state index is -3.31. The number of rotatable bonds is 3. The summed E-state index contributed by atoms with van der Waals surface area (Å²) in [5.41, 5.74) is 0. The van der Waals surface area contributed by atoms with Gasteiger partial charge in [0.15, 0.2) is 0 Å². The van der Waals surface area contributed by atoms with Crippen LogP contribution in [0, 0.1) is 5.92 Å². The van der Waals surface area contributed by atoms with Gasteiger partial charge in [0.05, 0.1) is 5.75 Å². The van der Waals surface area contributed by atoms with Gasteiger partial charge in [-0.3, -0.25) is 0 Å². The van der Waals surface area contributed by atoms with E-state index in [1.165, 1.54) is 0 Å². The molecule has 6 heteroatoms. The first-order chi connectivity index (χ1) is 6.47. The highest BCUT2D eigenvalue weighted by atomic mass is 32.2. The van der Waals surface area contributed by atoms with E-state index >= 15 is 0 Å². The van der Waals surface area contributed by atoms with Crippen LogP contribution in [0.5, 0.6) is 0 Å². The van der Waals surface area contributed by atoms with Crippen LogP contribution in [0.2, 0.25) is 0 Å². The second kappa shape index (κ2) is 5.06. The molecule has 1 saturated heterocycles. The Hall–Kier alpha value is -0.170. The molecule has 5 nitrogen and oxygen atoms in total. The quantitative estimate of drug-likeness (QED) is 0.629. The minimum Gasteiger partial charge on any atom is -0.315 e. The lowest BCUT2D eigenvalue weighted by Gasteiger charge is -2.20. The standard InChI is InChI=1S/C8H19N3O2S/c1-8-6-10-2-3-11(7-8)4-5-14(9,12)13/h8,10H,2-7H2,1H3,(H2,9,12,13). The third kappa shape index (κ3) is 4.90. The highest BCUT2D eigenvalue weighted by Crippen LogP contribution is 2.02. The van der Waals surface area contributed by atoms with Crippen LogP contribution < -0.4 is 10.5 Å². The summed E-state index contributed by atoms with van der Waals surface area (Å²) in [6.07, 6.45) is 0. The molecule has 3 N–H and O–H groups in total. The zero-order chi connectivity index (χ0) is 10.6. The highest BCUT2D eigenvalue weighted by Gasteiger charge is 2.15. The van der Waals surface area contributed by atoms with Gasteiger partial charge in [-0.15, -0.1) is 0 Å². The van der Waals surface area contributed by atoms with Crippen molar-refractivity contribution in [3.63, 3.8) is 0 Å². The van der Waals surface area contributed by atoms with Crippen LogP contribution in [0.1, 0.15) is 6.92 Å². The number of primary sulfonamides is 1. The first-order valence-corrected chi connectivity index (χ1v) is 6.62. The summed E-state index contributed by atoms with van der Waals surface area (Å²) in [7, 11) is -3.31. The van der Waals surface area contributed by atoms with E-state index in [0.29, 0.717) is 12.5 Å². The molecule has 1 unspecified atom stereocenters. The molecule has 1 aliphatic heterocycles. The lowest BCUT2D eigenvalue weighted by Crippen LogP contribution is -2.35. The highest BCUT2D eigenvalue weighted by molar-refractivity contribution is 7.89. The molecular weight excluding hydrogens is 202 g/mol. The largest absolute Gasteiger partial charge is 0.315 e. The Morgan fingerprint density at radius 1 is 1.57 bits per heavy atom. The van der Waals surface area contributed by atoms with Crippen molar-refractivity contribution in [2.45, 2.75) is 6.92 Å². The fraction of sp³-hybridized carbons (Fsp3) is 1.00. The molecular formula is C8H19N3O2S. The molecule has 0 bridgehead atoms. The van der Waals surface area contributed by atoms with E-state index in [1.54, 1.807) is 0 Å². The summed E-state index contributed by atoms with van der Waals surface area (Å²) >= 11 is 0. The minimum absolute atomic E-state index is 0.0553. The second-order valence-electron chi connectivity index (χ2n) is 3.98. The van der Waals surface area contributed by atoms with E-state index < -0.39 is 10.0 Å². The van der Waals surface area contributed by atoms with Crippen molar-refractivity contribution in [1.29, 1.82) is 0 Å². The molecule has 1 heterocycles. The van der Waals surface area contributed by atoms with E-state index in [9.17, 15) is 8.42 Å². The maximum Gasteiger partial charge on any atom is 0.210 e. The number of nitrogens with two attached hydrogens (primary N) is 1. The van der Waals surface area contributed by atoms with Crippen molar-refractivity contribution in [2.75, 3.05) is 38.5 Å². The number of nitrogens with zero attached hydrogens (tertiary/aromatic N) is 1. The molecule has 0 aromatic rings. The Balaban J connectivity index is 2.35. The summed E-state index contributed by atoms with van der Waals surface area (Å²) in [4.78, 5) is 2.15. The lowest BCUT2D eigenvalue weighted by molar-refractivity contribution is 0.279. The molecule has 1 aliphatic rings. The smallest absolute Gasteiger partial charge is 0.210 e. The maximum atomic E-state index is 10.8. The van der Waals surface area contributed by atoms with E-state index in [2.05, 4.69) is 17.1 Å². The Morgan fingerprint density at radius 3 is 2.93 bits per heavy atom. The molecule has 0 aliphatic carbocycles. The van der Waals surface area contributed by atoms with E-state index in [4.69, 9.17) is 5.14 Å². The van der Waals surface area contributed by atoms with Crippen LogP contribution in [0.4, 0.5) is 0 Å². The molecule has 0 aromatic carbocycles. The molecule has 1 atom stereocenters. The van der Waals surface area contributed by atoms with Gasteiger partial charge in [0.25, 0.3) is 0 Å². The number of hydrogen-bond donors (Lipinski definition) is 2. The molecule has 0 amide bonds. The Morgan fingerprint density at radius 2 is 2.29 bits per heavy atom. The van der Waals surface area contributed by atoms with Gasteiger partial charge >= 0.3 is 0 Å². The van der Waals surface area contributed by atoms with Crippen molar-refractivity contribution >= 4 is 10.0 Å². The van der Waals surface area contributed by atoms with Crippen molar-refractivity contribution in [2.24, 2.45) is 11.1 Å². The molecule has 84 valence electrons. The molecule has 0 radical (unpaired) electrons. The predicted molar refractivity (Wildman–Crippen MR) is 56.4 cm³/mol. The van der Waals surface area contributed by atoms with Gasteiger partial charge in [-0.1, -0.05) is 6.92 Å². The monoisotopic (exact) mass is 221 g/mol. The van der Waals surface area contributed by atoms with Crippen LogP contribution in [-0.4, -0.2) is 51.8 Å². The van der Waals surface area contributed by atoms with Gasteiger partial charge < -0.3 is 10.2 Å². The molecule has 1 fully saturated rings. The van der Waals surface area contributed by atoms with E-state index in [0.717, 1.165) is 26.2 Å².